The van der Waals surface area contributed by atoms with E-state index in [2.05, 4.69) is 4.72 Å². The van der Waals surface area contributed by atoms with Crippen molar-refractivity contribution in [3.8, 4) is 5.75 Å². The van der Waals surface area contributed by atoms with Gasteiger partial charge in [0.05, 0.1) is 11.5 Å². The molecule has 1 unspecified atom stereocenters. The molecule has 0 bridgehead atoms. The zero-order valence-corrected chi connectivity index (χ0v) is 10.9. The fourth-order valence-electron chi connectivity index (χ4n) is 1.23. The molecule has 0 fully saturated rings. The van der Waals surface area contributed by atoms with E-state index in [1.54, 1.807) is 0 Å². The van der Waals surface area contributed by atoms with Gasteiger partial charge in [-0.15, -0.1) is 0 Å². The molecule has 6 nitrogen and oxygen atoms in total. The SMILES string of the molecule is CCOc1ccc(S(=O)(=O)NC(C)C(=O)O)cc1. The molecule has 0 heterocycles. The van der Waals surface area contributed by atoms with Gasteiger partial charge in [-0.2, -0.15) is 4.72 Å². The van der Waals surface area contributed by atoms with Crippen molar-refractivity contribution < 1.29 is 23.1 Å². The highest BCUT2D eigenvalue weighted by molar-refractivity contribution is 7.89. The van der Waals surface area contributed by atoms with Crippen LogP contribution in [0.1, 0.15) is 13.8 Å². The number of rotatable bonds is 6. The molecule has 1 aromatic rings. The lowest BCUT2D eigenvalue weighted by Gasteiger charge is -2.10. The van der Waals surface area contributed by atoms with Gasteiger partial charge >= 0.3 is 5.97 Å². The smallest absolute Gasteiger partial charge is 0.321 e. The average Bonchev–Trinajstić information content (AvgIpc) is 2.29. The standard InChI is InChI=1S/C11H15NO5S/c1-3-17-9-4-6-10(7-5-9)18(15,16)12-8(2)11(13)14/h4-8,12H,3H2,1-2H3,(H,13,14). The van der Waals surface area contributed by atoms with Gasteiger partial charge in [-0.1, -0.05) is 0 Å². The number of hydrogen-bond donors (Lipinski definition) is 2. The first-order valence-electron chi connectivity index (χ1n) is 5.35. The molecule has 0 amide bonds. The molecule has 7 heteroatoms. The lowest BCUT2D eigenvalue weighted by molar-refractivity contribution is -0.138. The first kappa shape index (κ1) is 14.5. The third kappa shape index (κ3) is 3.71. The van der Waals surface area contributed by atoms with Gasteiger partial charge in [0, 0.05) is 0 Å². The molecule has 1 aromatic carbocycles. The number of carbonyl (C=O) groups is 1. The van der Waals surface area contributed by atoms with Gasteiger partial charge in [0.2, 0.25) is 10.0 Å². The minimum Gasteiger partial charge on any atom is -0.494 e. The summed E-state index contributed by atoms with van der Waals surface area (Å²) in [6, 6.07) is 4.58. The summed E-state index contributed by atoms with van der Waals surface area (Å²) >= 11 is 0. The van der Waals surface area contributed by atoms with E-state index < -0.39 is 22.0 Å². The molecule has 18 heavy (non-hydrogen) atoms. The van der Waals surface area contributed by atoms with Crippen LogP contribution in [0.15, 0.2) is 29.2 Å². The Morgan fingerprint density at radius 1 is 1.39 bits per heavy atom. The molecule has 0 saturated carbocycles. The zero-order chi connectivity index (χ0) is 13.8. The van der Waals surface area contributed by atoms with Gasteiger partial charge in [0.15, 0.2) is 0 Å². The Hall–Kier alpha value is -1.60. The molecule has 1 rings (SSSR count). The number of sulfonamides is 1. The first-order chi connectivity index (χ1) is 8.36. The average molecular weight is 273 g/mol. The maximum atomic E-state index is 11.8. The number of benzene rings is 1. The first-order valence-corrected chi connectivity index (χ1v) is 6.83. The third-order valence-corrected chi connectivity index (χ3v) is 3.70. The summed E-state index contributed by atoms with van der Waals surface area (Å²) in [5.41, 5.74) is 0. The Kier molecular flexibility index (Phi) is 4.69. The van der Waals surface area contributed by atoms with Crippen LogP contribution in [-0.2, 0) is 14.8 Å². The Labute approximate surface area is 106 Å². The summed E-state index contributed by atoms with van der Waals surface area (Å²) < 4.78 is 30.8. The fourth-order valence-corrected chi connectivity index (χ4v) is 2.43. The van der Waals surface area contributed by atoms with Crippen molar-refractivity contribution in [2.45, 2.75) is 24.8 Å². The Morgan fingerprint density at radius 2 is 1.94 bits per heavy atom. The number of carboxylic acids is 1. The Morgan fingerprint density at radius 3 is 2.39 bits per heavy atom. The number of hydrogen-bond acceptors (Lipinski definition) is 4. The van der Waals surface area contributed by atoms with Crippen LogP contribution in [0.3, 0.4) is 0 Å². The van der Waals surface area contributed by atoms with Crippen LogP contribution >= 0.6 is 0 Å². The van der Waals surface area contributed by atoms with Crippen LogP contribution in [0.2, 0.25) is 0 Å². The van der Waals surface area contributed by atoms with Crippen molar-refractivity contribution in [2.24, 2.45) is 0 Å². The van der Waals surface area contributed by atoms with Crippen molar-refractivity contribution in [3.05, 3.63) is 24.3 Å². The largest absolute Gasteiger partial charge is 0.494 e. The molecule has 1 atom stereocenters. The van der Waals surface area contributed by atoms with E-state index in [0.717, 1.165) is 0 Å². The van der Waals surface area contributed by atoms with Gasteiger partial charge < -0.3 is 9.84 Å². The summed E-state index contributed by atoms with van der Waals surface area (Å²) in [7, 11) is -3.82. The minimum atomic E-state index is -3.82. The predicted octanol–water partition coefficient (Wildman–Crippen LogP) is 0.837. The van der Waals surface area contributed by atoms with Crippen LogP contribution in [-0.4, -0.2) is 32.1 Å². The maximum absolute atomic E-state index is 11.8. The summed E-state index contributed by atoms with van der Waals surface area (Å²) in [4.78, 5) is 10.6. The van der Waals surface area contributed by atoms with Gasteiger partial charge in [-0.05, 0) is 38.1 Å². The van der Waals surface area contributed by atoms with Crippen molar-refractivity contribution in [3.63, 3.8) is 0 Å². The molecule has 2 N–H and O–H groups in total. The second kappa shape index (κ2) is 5.83. The van der Waals surface area contributed by atoms with Crippen molar-refractivity contribution in [2.75, 3.05) is 6.61 Å². The molecule has 0 radical (unpaired) electrons. The second-order valence-corrected chi connectivity index (χ2v) is 5.30. The number of carboxylic acid groups (broad SMARTS) is 1. The molecule has 0 aliphatic rings. The van der Waals surface area contributed by atoms with Crippen molar-refractivity contribution >= 4 is 16.0 Å². The minimum absolute atomic E-state index is 0.000877. The van der Waals surface area contributed by atoms with Crippen LogP contribution in [0.25, 0.3) is 0 Å². The predicted molar refractivity (Wildman–Crippen MR) is 65.0 cm³/mol. The molecule has 0 aliphatic heterocycles. The second-order valence-electron chi connectivity index (χ2n) is 3.59. The van der Waals surface area contributed by atoms with Crippen LogP contribution in [0.4, 0.5) is 0 Å². The van der Waals surface area contributed by atoms with Crippen LogP contribution in [0, 0.1) is 0 Å². The van der Waals surface area contributed by atoms with Crippen molar-refractivity contribution in [1.29, 1.82) is 0 Å². The lowest BCUT2D eigenvalue weighted by atomic mass is 10.3. The normalized spacial score (nSPS) is 13.0. The molecular weight excluding hydrogens is 258 g/mol. The van der Waals surface area contributed by atoms with E-state index in [9.17, 15) is 13.2 Å². The molecule has 0 aliphatic carbocycles. The zero-order valence-electron chi connectivity index (χ0n) is 10.1. The van der Waals surface area contributed by atoms with Gasteiger partial charge in [-0.3, -0.25) is 4.79 Å². The number of nitrogens with one attached hydrogen (secondary N) is 1. The summed E-state index contributed by atoms with van der Waals surface area (Å²) in [5, 5.41) is 8.66. The Bertz CT molecular complexity index is 509. The quantitative estimate of drug-likeness (QED) is 0.801. The Balaban J connectivity index is 2.88. The summed E-state index contributed by atoms with van der Waals surface area (Å²) in [6.07, 6.45) is 0. The molecule has 0 aromatic heterocycles. The summed E-state index contributed by atoms with van der Waals surface area (Å²) in [5.74, 6) is -0.674. The van der Waals surface area contributed by atoms with Gasteiger partial charge in [0.1, 0.15) is 11.8 Å². The molecular formula is C11H15NO5S. The monoisotopic (exact) mass is 273 g/mol. The van der Waals surface area contributed by atoms with E-state index >= 15 is 0 Å². The van der Waals surface area contributed by atoms with E-state index in [0.29, 0.717) is 12.4 Å². The van der Waals surface area contributed by atoms with E-state index in [1.165, 1.54) is 31.2 Å². The van der Waals surface area contributed by atoms with Crippen LogP contribution in [0.5, 0.6) is 5.75 Å². The highest BCUT2D eigenvalue weighted by Crippen LogP contribution is 2.16. The van der Waals surface area contributed by atoms with E-state index in [1.807, 2.05) is 6.92 Å². The summed E-state index contributed by atoms with van der Waals surface area (Å²) in [6.45, 7) is 3.57. The topological polar surface area (TPSA) is 92.7 Å². The van der Waals surface area contributed by atoms with Gasteiger partial charge in [-0.25, -0.2) is 8.42 Å². The van der Waals surface area contributed by atoms with E-state index in [-0.39, 0.29) is 4.90 Å². The lowest BCUT2D eigenvalue weighted by Crippen LogP contribution is -2.38. The molecule has 0 saturated heterocycles. The van der Waals surface area contributed by atoms with E-state index in [4.69, 9.17) is 9.84 Å². The maximum Gasteiger partial charge on any atom is 0.321 e. The highest BCUT2D eigenvalue weighted by atomic mass is 32.2. The third-order valence-electron chi connectivity index (χ3n) is 2.15. The number of aliphatic carboxylic acids is 1. The van der Waals surface area contributed by atoms with Crippen molar-refractivity contribution in [1.82, 2.24) is 4.72 Å². The fraction of sp³-hybridized carbons (Fsp3) is 0.364. The number of ether oxygens (including phenoxy) is 1. The molecule has 100 valence electrons. The highest BCUT2D eigenvalue weighted by Gasteiger charge is 2.21. The van der Waals surface area contributed by atoms with Crippen LogP contribution < -0.4 is 9.46 Å². The molecule has 0 spiro atoms. The van der Waals surface area contributed by atoms with Gasteiger partial charge in [0.25, 0.3) is 0 Å².